The average molecular weight is 313 g/mol. The van der Waals surface area contributed by atoms with Crippen LogP contribution in [0, 0.1) is 0 Å². The number of hydrogen-bond donors (Lipinski definition) is 1. The predicted molar refractivity (Wildman–Crippen MR) is 88.1 cm³/mol. The summed E-state index contributed by atoms with van der Waals surface area (Å²) in [5, 5.41) is 10.7. The second-order valence-electron chi connectivity index (χ2n) is 4.99. The minimum Gasteiger partial charge on any atom is -0.304 e. The van der Waals surface area contributed by atoms with E-state index in [0.717, 1.165) is 16.3 Å². The van der Waals surface area contributed by atoms with Crippen LogP contribution in [-0.4, -0.2) is 22.0 Å². The third-order valence-corrected chi connectivity index (χ3v) is 4.42. The lowest BCUT2D eigenvalue weighted by molar-refractivity contribution is -0.129. The maximum Gasteiger partial charge on any atom is 0.241 e. The second kappa shape index (κ2) is 5.81. The van der Waals surface area contributed by atoms with Crippen molar-refractivity contribution < 1.29 is 9.59 Å². The molecule has 2 aromatic rings. The van der Waals surface area contributed by atoms with Gasteiger partial charge in [0, 0.05) is 13.8 Å². The molecule has 5 nitrogen and oxygen atoms in total. The van der Waals surface area contributed by atoms with Gasteiger partial charge in [0.25, 0.3) is 0 Å². The van der Waals surface area contributed by atoms with Crippen LogP contribution in [0.2, 0.25) is 0 Å². The van der Waals surface area contributed by atoms with Crippen LogP contribution in [0.1, 0.15) is 24.8 Å². The van der Waals surface area contributed by atoms with Crippen LogP contribution < -0.4 is 5.32 Å². The van der Waals surface area contributed by atoms with Gasteiger partial charge >= 0.3 is 0 Å². The molecule has 22 heavy (non-hydrogen) atoms. The SMILES string of the molecule is CC(=O)NC1=NN(C(C)=O)C(c2cccc3ccccc23)S1. The quantitative estimate of drug-likeness (QED) is 0.880. The van der Waals surface area contributed by atoms with E-state index in [1.54, 1.807) is 0 Å². The molecule has 2 amide bonds. The van der Waals surface area contributed by atoms with Crippen LogP contribution in [0.4, 0.5) is 0 Å². The molecule has 3 rings (SSSR count). The molecule has 1 aliphatic rings. The molecule has 2 aromatic carbocycles. The highest BCUT2D eigenvalue weighted by molar-refractivity contribution is 8.14. The summed E-state index contributed by atoms with van der Waals surface area (Å²) in [5.41, 5.74) is 1.00. The molecule has 6 heteroatoms. The summed E-state index contributed by atoms with van der Waals surface area (Å²) in [7, 11) is 0. The smallest absolute Gasteiger partial charge is 0.241 e. The summed E-state index contributed by atoms with van der Waals surface area (Å²) in [6.45, 7) is 2.89. The van der Waals surface area contributed by atoms with E-state index in [9.17, 15) is 9.59 Å². The van der Waals surface area contributed by atoms with Gasteiger partial charge in [-0.3, -0.25) is 9.59 Å². The van der Waals surface area contributed by atoms with Crippen LogP contribution in [0.15, 0.2) is 47.6 Å². The summed E-state index contributed by atoms with van der Waals surface area (Å²) in [4.78, 5) is 23.1. The number of thioether (sulfide) groups is 1. The lowest BCUT2D eigenvalue weighted by Gasteiger charge is -2.20. The summed E-state index contributed by atoms with van der Waals surface area (Å²) < 4.78 is 0. The van der Waals surface area contributed by atoms with Gasteiger partial charge in [0.15, 0.2) is 5.17 Å². The molecule has 1 atom stereocenters. The maximum absolute atomic E-state index is 11.9. The van der Waals surface area contributed by atoms with Crippen molar-refractivity contribution in [2.24, 2.45) is 5.10 Å². The molecule has 0 radical (unpaired) electrons. The Bertz CT molecular complexity index is 783. The number of carbonyl (C=O) groups is 2. The van der Waals surface area contributed by atoms with Crippen molar-refractivity contribution in [2.75, 3.05) is 0 Å². The number of nitrogens with one attached hydrogen (secondary N) is 1. The Kier molecular flexibility index (Phi) is 3.85. The fourth-order valence-electron chi connectivity index (χ4n) is 2.43. The number of carbonyl (C=O) groups excluding carboxylic acids is 2. The van der Waals surface area contributed by atoms with Gasteiger partial charge in [-0.1, -0.05) is 54.2 Å². The largest absolute Gasteiger partial charge is 0.304 e. The Morgan fingerprint density at radius 1 is 1.14 bits per heavy atom. The van der Waals surface area contributed by atoms with Gasteiger partial charge in [-0.25, -0.2) is 5.01 Å². The number of hydrogen-bond acceptors (Lipinski definition) is 4. The minimum absolute atomic E-state index is 0.161. The highest BCUT2D eigenvalue weighted by Crippen LogP contribution is 2.41. The molecular formula is C16H15N3O2S. The van der Waals surface area contributed by atoms with Gasteiger partial charge in [-0.2, -0.15) is 0 Å². The molecule has 1 heterocycles. The van der Waals surface area contributed by atoms with Crippen LogP contribution >= 0.6 is 11.8 Å². The summed E-state index contributed by atoms with van der Waals surface area (Å²) >= 11 is 1.37. The number of amidine groups is 1. The molecular weight excluding hydrogens is 298 g/mol. The zero-order valence-electron chi connectivity index (χ0n) is 12.2. The number of fused-ring (bicyclic) bond motifs is 1. The first-order chi connectivity index (χ1) is 10.6. The van der Waals surface area contributed by atoms with Gasteiger partial charge < -0.3 is 5.32 Å². The molecule has 0 aromatic heterocycles. The normalized spacial score (nSPS) is 17.5. The van der Waals surface area contributed by atoms with E-state index in [1.165, 1.54) is 30.6 Å². The van der Waals surface area contributed by atoms with Crippen molar-refractivity contribution in [3.8, 4) is 0 Å². The molecule has 0 spiro atoms. The van der Waals surface area contributed by atoms with E-state index in [0.29, 0.717) is 5.17 Å². The van der Waals surface area contributed by atoms with E-state index in [1.807, 2.05) is 42.5 Å². The number of benzene rings is 2. The van der Waals surface area contributed by atoms with Gasteiger partial charge in [0.1, 0.15) is 5.37 Å². The minimum atomic E-state index is -0.273. The van der Waals surface area contributed by atoms with Crippen LogP contribution in [0.3, 0.4) is 0 Å². The first kappa shape index (κ1) is 14.6. The lowest BCUT2D eigenvalue weighted by Crippen LogP contribution is -2.25. The summed E-state index contributed by atoms with van der Waals surface area (Å²) in [6, 6.07) is 14.0. The molecule has 0 saturated heterocycles. The fourth-order valence-corrected chi connectivity index (χ4v) is 3.61. The van der Waals surface area contributed by atoms with Crippen LogP contribution in [-0.2, 0) is 9.59 Å². The molecule has 0 bridgehead atoms. The van der Waals surface area contributed by atoms with Gasteiger partial charge in [0.05, 0.1) is 0 Å². The van der Waals surface area contributed by atoms with Crippen LogP contribution in [0.25, 0.3) is 10.8 Å². The van der Waals surface area contributed by atoms with Gasteiger partial charge in [-0.15, -0.1) is 5.10 Å². The zero-order chi connectivity index (χ0) is 15.7. The standard InChI is InChI=1S/C16H15N3O2S/c1-10(20)17-16-18-19(11(2)21)15(22-16)14-9-5-7-12-6-3-4-8-13(12)14/h3-9,15H,1-2H3,(H,17,18,20). The number of hydrazone groups is 1. The van der Waals surface area contributed by atoms with E-state index in [-0.39, 0.29) is 17.2 Å². The predicted octanol–water partition coefficient (Wildman–Crippen LogP) is 2.84. The monoisotopic (exact) mass is 313 g/mol. The fraction of sp³-hybridized carbons (Fsp3) is 0.188. The highest BCUT2D eigenvalue weighted by Gasteiger charge is 2.33. The lowest BCUT2D eigenvalue weighted by atomic mass is 10.0. The van der Waals surface area contributed by atoms with E-state index < -0.39 is 0 Å². The van der Waals surface area contributed by atoms with Crippen molar-refractivity contribution in [1.29, 1.82) is 0 Å². The van der Waals surface area contributed by atoms with Gasteiger partial charge in [-0.05, 0) is 16.3 Å². The number of nitrogens with zero attached hydrogens (tertiary/aromatic N) is 2. The van der Waals surface area contributed by atoms with E-state index in [4.69, 9.17) is 0 Å². The third kappa shape index (κ3) is 2.69. The Morgan fingerprint density at radius 3 is 2.59 bits per heavy atom. The first-order valence-electron chi connectivity index (χ1n) is 6.86. The highest BCUT2D eigenvalue weighted by atomic mass is 32.2. The van der Waals surface area contributed by atoms with Crippen molar-refractivity contribution in [1.82, 2.24) is 10.3 Å². The molecule has 0 aliphatic carbocycles. The van der Waals surface area contributed by atoms with Gasteiger partial charge in [0.2, 0.25) is 11.8 Å². The topological polar surface area (TPSA) is 61.8 Å². The average Bonchev–Trinajstić information content (AvgIpc) is 2.89. The van der Waals surface area contributed by atoms with Crippen molar-refractivity contribution in [3.05, 3.63) is 48.0 Å². The first-order valence-corrected chi connectivity index (χ1v) is 7.74. The molecule has 0 fully saturated rings. The molecule has 1 N–H and O–H groups in total. The van der Waals surface area contributed by atoms with Crippen LogP contribution in [0.5, 0.6) is 0 Å². The molecule has 0 saturated carbocycles. The third-order valence-electron chi connectivity index (χ3n) is 3.34. The second-order valence-corrected chi connectivity index (χ2v) is 6.06. The maximum atomic E-state index is 11.9. The van der Waals surface area contributed by atoms with Crippen molar-refractivity contribution in [3.63, 3.8) is 0 Å². The Morgan fingerprint density at radius 2 is 1.86 bits per heavy atom. The van der Waals surface area contributed by atoms with E-state index >= 15 is 0 Å². The molecule has 112 valence electrons. The molecule has 1 unspecified atom stereocenters. The summed E-state index contributed by atoms with van der Waals surface area (Å²) in [5.74, 6) is -0.362. The Labute approximate surface area is 132 Å². The summed E-state index contributed by atoms with van der Waals surface area (Å²) in [6.07, 6.45) is 0. The Balaban J connectivity index is 2.03. The zero-order valence-corrected chi connectivity index (χ0v) is 13.1. The number of amides is 2. The van der Waals surface area contributed by atoms with E-state index in [2.05, 4.69) is 10.4 Å². The number of rotatable bonds is 1. The van der Waals surface area contributed by atoms with Crippen molar-refractivity contribution >= 4 is 39.5 Å². The van der Waals surface area contributed by atoms with Crippen molar-refractivity contribution in [2.45, 2.75) is 19.2 Å². The Hall–Kier alpha value is -2.34. The molecule has 1 aliphatic heterocycles.